The molecule has 2 aromatic rings. The smallest absolute Gasteiger partial charge is 0.413 e. The van der Waals surface area contributed by atoms with Gasteiger partial charge in [-0.3, -0.25) is 5.32 Å². The quantitative estimate of drug-likeness (QED) is 0.433. The van der Waals surface area contributed by atoms with E-state index in [9.17, 15) is 4.79 Å². The van der Waals surface area contributed by atoms with Crippen molar-refractivity contribution in [1.82, 2.24) is 4.90 Å². The molecule has 1 atom stereocenters. The monoisotopic (exact) mass is 488 g/mol. The van der Waals surface area contributed by atoms with Crippen molar-refractivity contribution in [2.24, 2.45) is 0 Å². The Morgan fingerprint density at radius 1 is 1.23 bits per heavy atom. The van der Waals surface area contributed by atoms with Crippen molar-refractivity contribution in [1.29, 1.82) is 0 Å². The average molecular weight is 489 g/mol. The van der Waals surface area contributed by atoms with Crippen LogP contribution in [-0.4, -0.2) is 38.7 Å². The van der Waals surface area contributed by atoms with Crippen LogP contribution in [0.25, 0.3) is 0 Å². The largest absolute Gasteiger partial charge is 0.497 e. The van der Waals surface area contributed by atoms with Gasteiger partial charge in [0.2, 0.25) is 0 Å². The van der Waals surface area contributed by atoms with Gasteiger partial charge in [0, 0.05) is 35.3 Å². The summed E-state index contributed by atoms with van der Waals surface area (Å²) in [6.07, 6.45) is 0.106. The first-order valence-corrected chi connectivity index (χ1v) is 9.52. The molecule has 2 aromatic carbocycles. The first-order chi connectivity index (χ1) is 12.3. The van der Waals surface area contributed by atoms with Crippen LogP contribution in [0.2, 0.25) is 5.02 Å². The second kappa shape index (κ2) is 9.43. The lowest BCUT2D eigenvalue weighted by Gasteiger charge is -2.29. The average Bonchev–Trinajstić information content (AvgIpc) is 2.60. The Hall–Kier alpha value is -1.51. The van der Waals surface area contributed by atoms with E-state index in [4.69, 9.17) is 21.1 Å². The van der Waals surface area contributed by atoms with Crippen LogP contribution >= 0.6 is 34.2 Å². The lowest BCUT2D eigenvalue weighted by Crippen LogP contribution is -2.32. The third-order valence-electron chi connectivity index (χ3n) is 3.73. The molecule has 26 heavy (non-hydrogen) atoms. The van der Waals surface area contributed by atoms with Gasteiger partial charge in [-0.2, -0.15) is 0 Å². The van der Waals surface area contributed by atoms with E-state index in [1.807, 2.05) is 37.2 Å². The first-order valence-electron chi connectivity index (χ1n) is 8.06. The zero-order valence-corrected chi connectivity index (χ0v) is 17.9. The number of anilines is 1. The summed E-state index contributed by atoms with van der Waals surface area (Å²) < 4.78 is 10.2. The molecule has 0 radical (unpaired) electrons. The molecule has 0 spiro atoms. The maximum atomic E-state index is 12.5. The number of nitrogens with one attached hydrogen (secondary N) is 1. The Balaban J connectivity index is 2.16. The molecule has 0 aliphatic rings. The molecule has 7 heteroatoms. The lowest BCUT2D eigenvalue weighted by atomic mass is 10.1. The van der Waals surface area contributed by atoms with Crippen LogP contribution < -0.4 is 10.1 Å². The van der Waals surface area contributed by atoms with Gasteiger partial charge in [-0.25, -0.2) is 4.79 Å². The van der Waals surface area contributed by atoms with Crippen molar-refractivity contribution >= 4 is 46.0 Å². The predicted octanol–water partition coefficient (Wildman–Crippen LogP) is 5.14. The number of rotatable bonds is 7. The van der Waals surface area contributed by atoms with E-state index >= 15 is 0 Å². The summed E-state index contributed by atoms with van der Waals surface area (Å²) in [5.41, 5.74) is 1.49. The fourth-order valence-electron chi connectivity index (χ4n) is 2.31. The molecule has 1 unspecified atom stereocenters. The fourth-order valence-corrected chi connectivity index (χ4v) is 3.24. The van der Waals surface area contributed by atoms with Gasteiger partial charge >= 0.3 is 6.09 Å². The Morgan fingerprint density at radius 2 is 1.92 bits per heavy atom. The maximum Gasteiger partial charge on any atom is 0.413 e. The molecule has 0 bridgehead atoms. The lowest BCUT2D eigenvalue weighted by molar-refractivity contribution is 0.0875. The number of hydrogen-bond donors (Lipinski definition) is 1. The van der Waals surface area contributed by atoms with Crippen molar-refractivity contribution in [3.63, 3.8) is 0 Å². The van der Waals surface area contributed by atoms with Crippen molar-refractivity contribution in [2.45, 2.75) is 10.0 Å². The number of nitrogens with zero attached hydrogens (tertiary/aromatic N) is 1. The van der Waals surface area contributed by atoms with Gasteiger partial charge in [-0.05, 0) is 61.0 Å². The van der Waals surface area contributed by atoms with Gasteiger partial charge in [-0.15, -0.1) is 0 Å². The fraction of sp³-hybridized carbons (Fsp3) is 0.316. The Morgan fingerprint density at radius 3 is 2.54 bits per heavy atom. The molecule has 1 amide bonds. The van der Waals surface area contributed by atoms with Crippen LogP contribution in [0.5, 0.6) is 5.75 Å². The molecular weight excluding hydrogens is 467 g/mol. The SMILES string of the molecule is COc1cccc(NC(=O)OC(I)(CCN(C)C)c2ccc(Cl)cc2)c1. The minimum absolute atomic E-state index is 0.527. The van der Waals surface area contributed by atoms with Crippen LogP contribution in [0.3, 0.4) is 0 Å². The highest BCUT2D eigenvalue weighted by atomic mass is 127. The maximum absolute atomic E-state index is 12.5. The molecule has 140 valence electrons. The molecular formula is C19H22ClIN2O3. The second-order valence-corrected chi connectivity index (χ2v) is 8.21. The first kappa shape index (κ1) is 20.8. The van der Waals surface area contributed by atoms with Crippen molar-refractivity contribution in [3.8, 4) is 5.75 Å². The number of hydrogen-bond acceptors (Lipinski definition) is 4. The predicted molar refractivity (Wildman–Crippen MR) is 113 cm³/mol. The minimum atomic E-state index is -0.810. The van der Waals surface area contributed by atoms with E-state index in [1.165, 1.54) is 0 Å². The summed E-state index contributed by atoms with van der Waals surface area (Å²) in [5, 5.41) is 3.40. The zero-order chi connectivity index (χ0) is 19.2. The van der Waals surface area contributed by atoms with Crippen LogP contribution in [0.15, 0.2) is 48.5 Å². The van der Waals surface area contributed by atoms with Crippen LogP contribution in [-0.2, 0) is 8.34 Å². The minimum Gasteiger partial charge on any atom is -0.497 e. The summed E-state index contributed by atoms with van der Waals surface area (Å²) in [5.74, 6) is 0.661. The van der Waals surface area contributed by atoms with Crippen molar-refractivity contribution in [3.05, 3.63) is 59.1 Å². The molecule has 0 fully saturated rings. The van der Waals surface area contributed by atoms with Crippen LogP contribution in [0, 0.1) is 0 Å². The van der Waals surface area contributed by atoms with Crippen LogP contribution in [0.4, 0.5) is 10.5 Å². The number of amides is 1. The molecule has 0 saturated heterocycles. The Labute approximate surface area is 172 Å². The summed E-state index contributed by atoms with van der Waals surface area (Å²) in [4.78, 5) is 14.5. The standard InChI is InChI=1S/C19H22ClIN2O3/c1-23(2)12-11-19(21,14-7-9-15(20)10-8-14)26-18(24)22-16-5-4-6-17(13-16)25-3/h4-10,13H,11-12H2,1-3H3,(H,22,24). The molecule has 0 aromatic heterocycles. The van der Waals surface area contributed by atoms with E-state index in [1.54, 1.807) is 37.4 Å². The molecule has 2 rings (SSSR count). The Bertz CT molecular complexity index is 740. The normalized spacial score (nSPS) is 13.2. The van der Waals surface area contributed by atoms with Crippen LogP contribution in [0.1, 0.15) is 12.0 Å². The summed E-state index contributed by atoms with van der Waals surface area (Å²) >= 11 is 8.17. The van der Waals surface area contributed by atoms with E-state index in [0.717, 1.165) is 12.1 Å². The zero-order valence-electron chi connectivity index (χ0n) is 15.0. The van der Waals surface area contributed by atoms with Gasteiger partial charge in [-0.1, -0.05) is 29.8 Å². The number of methoxy groups -OCH3 is 1. The van der Waals surface area contributed by atoms with E-state index in [2.05, 4.69) is 27.9 Å². The number of ether oxygens (including phenoxy) is 2. The van der Waals surface area contributed by atoms with Crippen molar-refractivity contribution in [2.75, 3.05) is 33.1 Å². The molecule has 0 aliphatic heterocycles. The van der Waals surface area contributed by atoms with E-state index in [-0.39, 0.29) is 0 Å². The van der Waals surface area contributed by atoms with Gasteiger partial charge < -0.3 is 14.4 Å². The number of carbonyl (C=O) groups is 1. The molecule has 0 saturated carbocycles. The van der Waals surface area contributed by atoms with E-state index in [0.29, 0.717) is 22.9 Å². The highest BCUT2D eigenvalue weighted by molar-refractivity contribution is 14.1. The van der Waals surface area contributed by atoms with Gasteiger partial charge in [0.05, 0.1) is 7.11 Å². The highest BCUT2D eigenvalue weighted by Crippen LogP contribution is 2.38. The number of alkyl halides is 1. The second-order valence-electron chi connectivity index (χ2n) is 6.04. The van der Waals surface area contributed by atoms with Gasteiger partial charge in [0.25, 0.3) is 0 Å². The summed E-state index contributed by atoms with van der Waals surface area (Å²) in [7, 11) is 5.54. The highest BCUT2D eigenvalue weighted by Gasteiger charge is 2.33. The van der Waals surface area contributed by atoms with Gasteiger partial charge in [0.1, 0.15) is 5.75 Å². The number of carbonyl (C=O) groups excluding carboxylic acids is 1. The number of benzene rings is 2. The van der Waals surface area contributed by atoms with Gasteiger partial charge in [0.15, 0.2) is 3.61 Å². The summed E-state index contributed by atoms with van der Waals surface area (Å²) in [6, 6.07) is 14.5. The number of halogens is 2. The third kappa shape index (κ3) is 6.03. The Kier molecular flexibility index (Phi) is 7.55. The van der Waals surface area contributed by atoms with E-state index < -0.39 is 9.70 Å². The topological polar surface area (TPSA) is 50.8 Å². The molecule has 0 aliphatic carbocycles. The molecule has 1 N–H and O–H groups in total. The summed E-state index contributed by atoms with van der Waals surface area (Å²) in [6.45, 7) is 0.762. The molecule has 5 nitrogen and oxygen atoms in total. The molecule has 0 heterocycles. The van der Waals surface area contributed by atoms with Crippen molar-refractivity contribution < 1.29 is 14.3 Å². The third-order valence-corrected chi connectivity index (χ3v) is 5.36.